The summed E-state index contributed by atoms with van der Waals surface area (Å²) in [5, 5.41) is 12.7. The van der Waals surface area contributed by atoms with E-state index in [1.807, 2.05) is 30.3 Å². The van der Waals surface area contributed by atoms with E-state index in [9.17, 15) is 9.59 Å². The molecular weight excluding hydrogens is 340 g/mol. The van der Waals surface area contributed by atoms with Gasteiger partial charge >= 0.3 is 0 Å². The Kier molecular flexibility index (Phi) is 4.27. The Morgan fingerprint density at radius 1 is 1.15 bits per heavy atom. The molecule has 0 saturated carbocycles. The van der Waals surface area contributed by atoms with E-state index >= 15 is 0 Å². The van der Waals surface area contributed by atoms with Gasteiger partial charge in [-0.25, -0.2) is 0 Å². The molecule has 1 unspecified atom stereocenters. The van der Waals surface area contributed by atoms with Gasteiger partial charge in [0.05, 0.1) is 28.8 Å². The lowest BCUT2D eigenvalue weighted by Crippen LogP contribution is -2.28. The summed E-state index contributed by atoms with van der Waals surface area (Å²) in [6.07, 6.45) is 1.84. The van der Waals surface area contributed by atoms with Gasteiger partial charge in [0.1, 0.15) is 0 Å². The van der Waals surface area contributed by atoms with Gasteiger partial charge in [-0.15, -0.1) is 0 Å². The molecule has 2 amide bonds. The highest BCUT2D eigenvalue weighted by molar-refractivity contribution is 6.06. The van der Waals surface area contributed by atoms with Crippen LogP contribution in [0.5, 0.6) is 0 Å². The van der Waals surface area contributed by atoms with Crippen LogP contribution in [-0.2, 0) is 9.59 Å². The number of carbonyl (C=O) groups is 2. The molecule has 6 heteroatoms. The second kappa shape index (κ2) is 6.89. The van der Waals surface area contributed by atoms with Crippen molar-refractivity contribution in [3.05, 3.63) is 66.4 Å². The number of amides is 2. The van der Waals surface area contributed by atoms with E-state index in [1.165, 1.54) is 0 Å². The van der Waals surface area contributed by atoms with E-state index in [2.05, 4.69) is 16.4 Å². The van der Waals surface area contributed by atoms with E-state index in [1.54, 1.807) is 35.4 Å². The van der Waals surface area contributed by atoms with Gasteiger partial charge in [-0.05, 0) is 36.4 Å². The topological polar surface area (TPSA) is 86.1 Å². The molecule has 2 aromatic carbocycles. The lowest BCUT2D eigenvalue weighted by Gasteiger charge is -2.17. The van der Waals surface area contributed by atoms with Crippen LogP contribution in [0.4, 0.5) is 11.4 Å². The lowest BCUT2D eigenvalue weighted by molar-refractivity contribution is -0.122. The Morgan fingerprint density at radius 3 is 2.70 bits per heavy atom. The fourth-order valence-corrected chi connectivity index (χ4v) is 3.29. The largest absolute Gasteiger partial charge is 0.324 e. The summed E-state index contributed by atoms with van der Waals surface area (Å²) in [5.41, 5.74) is 2.59. The monoisotopic (exact) mass is 356 g/mol. The highest BCUT2D eigenvalue weighted by atomic mass is 16.2. The van der Waals surface area contributed by atoms with E-state index in [0.717, 1.165) is 10.9 Å². The molecule has 3 aromatic rings. The number of aromatic nitrogens is 1. The van der Waals surface area contributed by atoms with Crippen molar-refractivity contribution in [2.75, 3.05) is 16.8 Å². The average molecular weight is 356 g/mol. The molecule has 132 valence electrons. The molecule has 1 N–H and O–H groups in total. The molecule has 6 nitrogen and oxygen atoms in total. The van der Waals surface area contributed by atoms with Gasteiger partial charge in [0.25, 0.3) is 0 Å². The maximum Gasteiger partial charge on any atom is 0.229 e. The SMILES string of the molecule is N#Cc1ccc(N2CC(C(=O)Nc3cccc4cccnc34)CC2=O)cc1. The third-order valence-electron chi connectivity index (χ3n) is 4.69. The first-order chi connectivity index (χ1) is 13.2. The Hall–Kier alpha value is -3.72. The van der Waals surface area contributed by atoms with Gasteiger partial charge in [0.15, 0.2) is 0 Å². The minimum Gasteiger partial charge on any atom is -0.324 e. The number of rotatable bonds is 3. The normalized spacial score (nSPS) is 16.3. The van der Waals surface area contributed by atoms with Crippen molar-refractivity contribution in [2.45, 2.75) is 6.42 Å². The van der Waals surface area contributed by atoms with Crippen molar-refractivity contribution < 1.29 is 9.59 Å². The summed E-state index contributed by atoms with van der Waals surface area (Å²) >= 11 is 0. The maximum atomic E-state index is 12.7. The van der Waals surface area contributed by atoms with Gasteiger partial charge in [0.2, 0.25) is 11.8 Å². The van der Waals surface area contributed by atoms with Crippen LogP contribution in [0, 0.1) is 17.2 Å². The molecule has 0 bridgehead atoms. The minimum atomic E-state index is -0.438. The first-order valence-corrected chi connectivity index (χ1v) is 8.61. The van der Waals surface area contributed by atoms with E-state index < -0.39 is 5.92 Å². The van der Waals surface area contributed by atoms with Crippen molar-refractivity contribution >= 4 is 34.1 Å². The Morgan fingerprint density at radius 2 is 1.93 bits per heavy atom. The third-order valence-corrected chi connectivity index (χ3v) is 4.69. The van der Waals surface area contributed by atoms with Crippen LogP contribution in [0.3, 0.4) is 0 Å². The number of fused-ring (bicyclic) bond motifs is 1. The van der Waals surface area contributed by atoms with Crippen molar-refractivity contribution in [1.82, 2.24) is 4.98 Å². The third kappa shape index (κ3) is 3.23. The Balaban J connectivity index is 1.51. The number of nitrogens with one attached hydrogen (secondary N) is 1. The minimum absolute atomic E-state index is 0.101. The number of anilines is 2. The van der Waals surface area contributed by atoms with Crippen LogP contribution >= 0.6 is 0 Å². The quantitative estimate of drug-likeness (QED) is 0.781. The highest BCUT2D eigenvalue weighted by Crippen LogP contribution is 2.27. The van der Waals surface area contributed by atoms with Gasteiger partial charge in [0, 0.05) is 30.2 Å². The molecule has 4 rings (SSSR count). The molecule has 27 heavy (non-hydrogen) atoms. The molecular formula is C21H16N4O2. The van der Waals surface area contributed by atoms with Crippen LogP contribution in [0.2, 0.25) is 0 Å². The van der Waals surface area contributed by atoms with E-state index in [-0.39, 0.29) is 18.2 Å². The standard InChI is InChI=1S/C21H16N4O2/c22-12-14-6-8-17(9-7-14)25-13-16(11-19(25)26)21(27)24-18-5-1-3-15-4-2-10-23-20(15)18/h1-10,16H,11,13H2,(H,24,27). The molecule has 0 aliphatic carbocycles. The molecule has 2 heterocycles. The summed E-state index contributed by atoms with van der Waals surface area (Å²) in [6, 6.07) is 18.2. The number of nitriles is 1. The highest BCUT2D eigenvalue weighted by Gasteiger charge is 2.35. The second-order valence-electron chi connectivity index (χ2n) is 6.43. The molecule has 1 fully saturated rings. The molecule has 1 saturated heterocycles. The fourth-order valence-electron chi connectivity index (χ4n) is 3.29. The summed E-state index contributed by atoms with van der Waals surface area (Å²) in [4.78, 5) is 31.0. The number of benzene rings is 2. The summed E-state index contributed by atoms with van der Waals surface area (Å²) < 4.78 is 0. The fraction of sp³-hybridized carbons (Fsp3) is 0.143. The lowest BCUT2D eigenvalue weighted by atomic mass is 10.1. The van der Waals surface area contributed by atoms with Gasteiger partial charge in [-0.1, -0.05) is 18.2 Å². The summed E-state index contributed by atoms with van der Waals surface area (Å²) in [6.45, 7) is 0.314. The van der Waals surface area contributed by atoms with Crippen molar-refractivity contribution in [3.8, 4) is 6.07 Å². The van der Waals surface area contributed by atoms with E-state index in [4.69, 9.17) is 5.26 Å². The number of hydrogen-bond donors (Lipinski definition) is 1. The molecule has 0 spiro atoms. The molecule has 1 aliphatic rings. The predicted octanol–water partition coefficient (Wildman–Crippen LogP) is 3.10. The Bertz CT molecular complexity index is 1060. The van der Waals surface area contributed by atoms with Gasteiger partial charge in [-0.2, -0.15) is 5.26 Å². The van der Waals surface area contributed by atoms with E-state index in [0.29, 0.717) is 23.5 Å². The number of nitrogens with zero attached hydrogens (tertiary/aromatic N) is 3. The number of hydrogen-bond acceptors (Lipinski definition) is 4. The number of pyridine rings is 1. The van der Waals surface area contributed by atoms with Crippen LogP contribution < -0.4 is 10.2 Å². The van der Waals surface area contributed by atoms with Crippen LogP contribution in [0.15, 0.2) is 60.8 Å². The van der Waals surface area contributed by atoms with Crippen LogP contribution in [0.25, 0.3) is 10.9 Å². The maximum absolute atomic E-state index is 12.7. The van der Waals surface area contributed by atoms with Crippen LogP contribution in [0.1, 0.15) is 12.0 Å². The zero-order chi connectivity index (χ0) is 18.8. The molecule has 1 atom stereocenters. The molecule has 1 aliphatic heterocycles. The number of para-hydroxylation sites is 1. The van der Waals surface area contributed by atoms with Gasteiger partial charge in [-0.3, -0.25) is 14.6 Å². The summed E-state index contributed by atoms with van der Waals surface area (Å²) in [7, 11) is 0. The average Bonchev–Trinajstić information content (AvgIpc) is 3.10. The zero-order valence-corrected chi connectivity index (χ0v) is 14.4. The van der Waals surface area contributed by atoms with Crippen molar-refractivity contribution in [3.63, 3.8) is 0 Å². The first-order valence-electron chi connectivity index (χ1n) is 8.61. The van der Waals surface area contributed by atoms with Crippen molar-refractivity contribution in [2.24, 2.45) is 5.92 Å². The number of carbonyl (C=O) groups excluding carboxylic acids is 2. The smallest absolute Gasteiger partial charge is 0.229 e. The molecule has 0 radical (unpaired) electrons. The Labute approximate surface area is 156 Å². The predicted molar refractivity (Wildman–Crippen MR) is 102 cm³/mol. The zero-order valence-electron chi connectivity index (χ0n) is 14.4. The van der Waals surface area contributed by atoms with Crippen LogP contribution in [-0.4, -0.2) is 23.3 Å². The summed E-state index contributed by atoms with van der Waals surface area (Å²) in [5.74, 6) is -0.735. The molecule has 1 aromatic heterocycles. The second-order valence-corrected chi connectivity index (χ2v) is 6.43. The first kappa shape index (κ1) is 16.7. The van der Waals surface area contributed by atoms with Crippen molar-refractivity contribution in [1.29, 1.82) is 5.26 Å². The van der Waals surface area contributed by atoms with Gasteiger partial charge < -0.3 is 10.2 Å².